The minimum Gasteiger partial charge on any atom is -0.475 e. The Balaban J connectivity index is 0.000000345. The molecule has 1 atom stereocenters. The number of carbonyl (C=O) groups is 2. The summed E-state index contributed by atoms with van der Waals surface area (Å²) in [6, 6.07) is 3.97. The Morgan fingerprint density at radius 1 is 1.43 bits per heavy atom. The van der Waals surface area contributed by atoms with Crippen molar-refractivity contribution < 1.29 is 32.6 Å². The van der Waals surface area contributed by atoms with Crippen molar-refractivity contribution in [3.8, 4) is 0 Å². The van der Waals surface area contributed by atoms with Crippen molar-refractivity contribution in [1.82, 2.24) is 9.88 Å². The Morgan fingerprint density at radius 3 is 2.57 bits per heavy atom. The number of amides is 1. The number of likely N-dealkylation sites (tertiary alicyclic amines) is 1. The summed E-state index contributed by atoms with van der Waals surface area (Å²) in [7, 11) is 0. The summed E-state index contributed by atoms with van der Waals surface area (Å²) in [6.07, 6.45) is -0.102. The number of carboxylic acids is 1. The zero-order valence-electron chi connectivity index (χ0n) is 15.6. The van der Waals surface area contributed by atoms with Crippen molar-refractivity contribution in [2.75, 3.05) is 18.8 Å². The highest BCUT2D eigenvalue weighted by Gasteiger charge is 2.51. The van der Waals surface area contributed by atoms with Gasteiger partial charge in [0, 0.05) is 37.2 Å². The zero-order chi connectivity index (χ0) is 20.9. The molecule has 3 rings (SSSR count). The van der Waals surface area contributed by atoms with Gasteiger partial charge in [-0.3, -0.25) is 9.78 Å². The second kappa shape index (κ2) is 9.13. The fourth-order valence-electron chi connectivity index (χ4n) is 3.00. The highest BCUT2D eigenvalue weighted by atomic mass is 32.2. The van der Waals surface area contributed by atoms with Gasteiger partial charge in [0.1, 0.15) is 0 Å². The van der Waals surface area contributed by atoms with E-state index in [-0.39, 0.29) is 16.6 Å². The second-order valence-corrected chi connectivity index (χ2v) is 8.63. The number of rotatable bonds is 4. The maximum absolute atomic E-state index is 11.9. The molecule has 6 nitrogen and oxygen atoms in total. The van der Waals surface area contributed by atoms with Crippen LogP contribution in [-0.2, 0) is 20.9 Å². The van der Waals surface area contributed by atoms with Crippen LogP contribution in [0.3, 0.4) is 0 Å². The molecule has 2 fully saturated rings. The van der Waals surface area contributed by atoms with Crippen LogP contribution in [0.4, 0.5) is 13.2 Å². The standard InChI is InChI=1S/C16H22N2O2S.C2HF3O2/c1-12(2)15(19)18-10-16(11-18)6-14(9-21-16)20-8-13-4-3-5-17-7-13;3-2(4,5)1(6)7/h3-5,7,12,14H,6,8-11H2,1-2H3;(H,6,7). The normalized spacial score (nSPS) is 20.5. The predicted octanol–water partition coefficient (Wildman–Crippen LogP) is 2.97. The number of hydrogen-bond acceptors (Lipinski definition) is 5. The average Bonchev–Trinajstić information content (AvgIpc) is 3.03. The van der Waals surface area contributed by atoms with Gasteiger partial charge in [-0.05, 0) is 18.1 Å². The lowest BCUT2D eigenvalue weighted by Gasteiger charge is -2.48. The summed E-state index contributed by atoms with van der Waals surface area (Å²) in [5.41, 5.74) is 1.12. The van der Waals surface area contributed by atoms with Crippen molar-refractivity contribution >= 4 is 23.6 Å². The number of aliphatic carboxylic acids is 1. The van der Waals surface area contributed by atoms with Crippen molar-refractivity contribution in [3.05, 3.63) is 30.1 Å². The van der Waals surface area contributed by atoms with Gasteiger partial charge in [0.15, 0.2) is 0 Å². The lowest BCUT2D eigenvalue weighted by Crippen LogP contribution is -2.61. The van der Waals surface area contributed by atoms with Crippen LogP contribution in [-0.4, -0.2) is 62.7 Å². The number of carboxylic acid groups (broad SMARTS) is 1. The number of halogens is 3. The van der Waals surface area contributed by atoms with E-state index in [0.717, 1.165) is 30.8 Å². The van der Waals surface area contributed by atoms with E-state index in [0.29, 0.717) is 12.7 Å². The van der Waals surface area contributed by atoms with Crippen LogP contribution in [0.1, 0.15) is 25.8 Å². The van der Waals surface area contributed by atoms with Crippen molar-refractivity contribution in [2.45, 2.75) is 43.9 Å². The molecule has 156 valence electrons. The number of carbonyl (C=O) groups excluding carboxylic acids is 1. The van der Waals surface area contributed by atoms with Crippen LogP contribution in [0, 0.1) is 5.92 Å². The van der Waals surface area contributed by atoms with Gasteiger partial charge in [-0.1, -0.05) is 19.9 Å². The number of thioether (sulfide) groups is 1. The maximum Gasteiger partial charge on any atom is 0.490 e. The Labute approximate surface area is 165 Å². The van der Waals surface area contributed by atoms with Gasteiger partial charge in [-0.25, -0.2) is 4.79 Å². The highest BCUT2D eigenvalue weighted by molar-refractivity contribution is 8.01. The summed E-state index contributed by atoms with van der Waals surface area (Å²) >= 11 is 1.97. The molecule has 2 saturated heterocycles. The molecule has 1 amide bonds. The van der Waals surface area contributed by atoms with E-state index >= 15 is 0 Å². The lowest BCUT2D eigenvalue weighted by atomic mass is 9.92. The number of aromatic nitrogens is 1. The topological polar surface area (TPSA) is 79.7 Å². The summed E-state index contributed by atoms with van der Waals surface area (Å²) in [6.45, 7) is 6.34. The van der Waals surface area contributed by atoms with E-state index in [2.05, 4.69) is 4.98 Å². The van der Waals surface area contributed by atoms with E-state index < -0.39 is 12.1 Å². The lowest BCUT2D eigenvalue weighted by molar-refractivity contribution is -0.192. The molecule has 1 spiro atoms. The first-order chi connectivity index (χ1) is 13.0. The minimum atomic E-state index is -5.08. The van der Waals surface area contributed by atoms with Crippen LogP contribution in [0.5, 0.6) is 0 Å². The van der Waals surface area contributed by atoms with Gasteiger partial charge < -0.3 is 14.7 Å². The van der Waals surface area contributed by atoms with Gasteiger partial charge in [0.2, 0.25) is 5.91 Å². The van der Waals surface area contributed by atoms with Crippen LogP contribution in [0.2, 0.25) is 0 Å². The molecule has 3 heterocycles. The molecule has 2 aliphatic rings. The molecule has 28 heavy (non-hydrogen) atoms. The minimum absolute atomic E-state index is 0.103. The van der Waals surface area contributed by atoms with Crippen molar-refractivity contribution in [2.24, 2.45) is 5.92 Å². The monoisotopic (exact) mass is 420 g/mol. The SMILES string of the molecule is CC(C)C(=O)N1CC2(CC(OCc3cccnc3)CS2)C1.O=C(O)C(F)(F)F. The van der Waals surface area contributed by atoms with E-state index in [9.17, 15) is 18.0 Å². The Morgan fingerprint density at radius 2 is 2.07 bits per heavy atom. The molecular formula is C18H23F3N2O4S. The smallest absolute Gasteiger partial charge is 0.475 e. The fraction of sp³-hybridized carbons (Fsp3) is 0.611. The molecule has 10 heteroatoms. The molecule has 0 aliphatic carbocycles. The molecule has 1 unspecified atom stereocenters. The summed E-state index contributed by atoms with van der Waals surface area (Å²) in [5.74, 6) is -1.34. The number of nitrogens with zero attached hydrogens (tertiary/aromatic N) is 2. The van der Waals surface area contributed by atoms with Crippen LogP contribution in [0.25, 0.3) is 0 Å². The van der Waals surface area contributed by atoms with E-state index in [1.807, 2.05) is 48.8 Å². The first kappa shape index (κ1) is 22.5. The van der Waals surface area contributed by atoms with Crippen LogP contribution in [0.15, 0.2) is 24.5 Å². The molecule has 0 saturated carbocycles. The van der Waals surface area contributed by atoms with Crippen LogP contribution >= 0.6 is 11.8 Å². The maximum atomic E-state index is 11.9. The Bertz CT molecular complexity index is 679. The third kappa shape index (κ3) is 6.10. The van der Waals surface area contributed by atoms with Crippen LogP contribution < -0.4 is 0 Å². The third-order valence-electron chi connectivity index (χ3n) is 4.39. The molecule has 0 aromatic carbocycles. The Kier molecular flexibility index (Phi) is 7.33. The first-order valence-electron chi connectivity index (χ1n) is 8.76. The molecule has 1 aromatic heterocycles. The fourth-order valence-corrected chi connectivity index (χ4v) is 4.55. The Hall–Kier alpha value is -1.81. The highest BCUT2D eigenvalue weighted by Crippen LogP contribution is 2.46. The van der Waals surface area contributed by atoms with Gasteiger partial charge in [0.05, 0.1) is 17.5 Å². The first-order valence-corrected chi connectivity index (χ1v) is 9.74. The molecule has 0 bridgehead atoms. The summed E-state index contributed by atoms with van der Waals surface area (Å²) in [5, 5.41) is 7.12. The molecule has 1 N–H and O–H groups in total. The second-order valence-electron chi connectivity index (χ2n) is 7.14. The van der Waals surface area contributed by atoms with E-state index in [1.54, 1.807) is 6.20 Å². The average molecular weight is 420 g/mol. The van der Waals surface area contributed by atoms with Gasteiger partial charge >= 0.3 is 12.1 Å². The predicted molar refractivity (Wildman–Crippen MR) is 97.7 cm³/mol. The van der Waals surface area contributed by atoms with Gasteiger partial charge in [-0.15, -0.1) is 11.8 Å². The largest absolute Gasteiger partial charge is 0.490 e. The number of ether oxygens (including phenoxy) is 1. The van der Waals surface area contributed by atoms with Crippen molar-refractivity contribution in [1.29, 1.82) is 0 Å². The van der Waals surface area contributed by atoms with E-state index in [1.165, 1.54) is 0 Å². The number of pyridine rings is 1. The van der Waals surface area contributed by atoms with Gasteiger partial charge in [0.25, 0.3) is 0 Å². The number of hydrogen-bond donors (Lipinski definition) is 1. The molecule has 2 aliphatic heterocycles. The molecule has 0 radical (unpaired) electrons. The third-order valence-corrected chi connectivity index (χ3v) is 5.97. The van der Waals surface area contributed by atoms with Gasteiger partial charge in [-0.2, -0.15) is 13.2 Å². The van der Waals surface area contributed by atoms with Crippen molar-refractivity contribution in [3.63, 3.8) is 0 Å². The summed E-state index contributed by atoms with van der Waals surface area (Å²) in [4.78, 5) is 26.9. The quantitative estimate of drug-likeness (QED) is 0.807. The number of alkyl halides is 3. The molecule has 1 aromatic rings. The summed E-state index contributed by atoms with van der Waals surface area (Å²) < 4.78 is 38.0. The van der Waals surface area contributed by atoms with E-state index in [4.69, 9.17) is 14.6 Å². The zero-order valence-corrected chi connectivity index (χ0v) is 16.4. The molecular weight excluding hydrogens is 397 g/mol.